The Morgan fingerprint density at radius 3 is 1.88 bits per heavy atom. The Kier molecular flexibility index (Phi) is 2.00. The van der Waals surface area contributed by atoms with Crippen LogP contribution in [0.15, 0.2) is 6.08 Å². The van der Waals surface area contributed by atoms with Gasteiger partial charge in [0.25, 0.3) is 0 Å². The number of nitrogen functional groups attached to an aromatic ring is 2. The highest BCUT2D eigenvalue weighted by Gasteiger charge is 2.34. The molecule has 0 radical (unpaired) electrons. The van der Waals surface area contributed by atoms with Gasteiger partial charge >= 0.3 is 0 Å². The summed E-state index contributed by atoms with van der Waals surface area (Å²) in [6.07, 6.45) is 0.638. The first-order valence-corrected chi connectivity index (χ1v) is 4.48. The van der Waals surface area contributed by atoms with E-state index in [1.165, 1.54) is 0 Å². The van der Waals surface area contributed by atoms with Crippen molar-refractivity contribution in [3.63, 3.8) is 0 Å². The number of rotatable bonds is 0. The molecule has 7 heteroatoms. The zero-order chi connectivity index (χ0) is 12.9. The average Bonchev–Trinajstić information content (AvgIpc) is 2.28. The summed E-state index contributed by atoms with van der Waals surface area (Å²) in [6.45, 7) is 0. The van der Waals surface area contributed by atoms with Gasteiger partial charge in [0.1, 0.15) is 17.1 Å². The number of aliphatic hydroxyl groups excluding tert-OH is 1. The van der Waals surface area contributed by atoms with E-state index in [4.69, 9.17) is 11.5 Å². The summed E-state index contributed by atoms with van der Waals surface area (Å²) in [4.78, 5) is 22.7. The van der Waals surface area contributed by atoms with E-state index in [2.05, 4.69) is 0 Å². The molecule has 0 unspecified atom stereocenters. The van der Waals surface area contributed by atoms with Crippen molar-refractivity contribution in [2.45, 2.75) is 0 Å². The van der Waals surface area contributed by atoms with E-state index in [0.717, 1.165) is 0 Å². The van der Waals surface area contributed by atoms with Crippen LogP contribution >= 0.6 is 0 Å². The lowest BCUT2D eigenvalue weighted by atomic mass is 9.90. The number of aromatic hydroxyl groups is 2. The molecule has 1 aromatic rings. The summed E-state index contributed by atoms with van der Waals surface area (Å²) in [5, 5.41) is 28.8. The Morgan fingerprint density at radius 2 is 1.35 bits per heavy atom. The predicted molar refractivity (Wildman–Crippen MR) is 58.5 cm³/mol. The fourth-order valence-corrected chi connectivity index (χ4v) is 1.62. The quantitative estimate of drug-likeness (QED) is 0.183. The number of allylic oxidation sites excluding steroid dienone is 1. The van der Waals surface area contributed by atoms with Crippen molar-refractivity contribution < 1.29 is 24.9 Å². The van der Waals surface area contributed by atoms with Crippen LogP contribution in [0.2, 0.25) is 0 Å². The molecule has 1 aliphatic carbocycles. The van der Waals surface area contributed by atoms with E-state index in [-0.39, 0.29) is 11.3 Å². The van der Waals surface area contributed by atoms with Gasteiger partial charge in [0, 0.05) is 6.08 Å². The van der Waals surface area contributed by atoms with Crippen LogP contribution in [0.4, 0.5) is 11.4 Å². The van der Waals surface area contributed by atoms with Crippen LogP contribution in [0.1, 0.15) is 15.9 Å². The Balaban J connectivity index is 2.96. The number of benzene rings is 1. The minimum atomic E-state index is -1.07. The summed E-state index contributed by atoms with van der Waals surface area (Å²) in [6, 6.07) is 0. The summed E-state index contributed by atoms with van der Waals surface area (Å²) in [5.74, 6) is -4.12. The number of nitrogens with two attached hydrogens (primary N) is 2. The maximum absolute atomic E-state index is 11.5. The van der Waals surface area contributed by atoms with Gasteiger partial charge in [-0.05, 0) is 0 Å². The molecule has 0 aliphatic heterocycles. The first-order chi connectivity index (χ1) is 7.86. The lowest BCUT2D eigenvalue weighted by Gasteiger charge is -2.18. The van der Waals surface area contributed by atoms with Gasteiger partial charge < -0.3 is 26.8 Å². The number of Topliss-reactive ketones (excluding diaryl/α,β-unsaturated/α-hetero) is 1. The van der Waals surface area contributed by atoms with E-state index < -0.39 is 40.1 Å². The van der Waals surface area contributed by atoms with Crippen LogP contribution in [0.25, 0.3) is 5.76 Å². The maximum atomic E-state index is 11.5. The molecule has 0 saturated heterocycles. The highest BCUT2D eigenvalue weighted by molar-refractivity contribution is 6.51. The van der Waals surface area contributed by atoms with Gasteiger partial charge in [0.15, 0.2) is 11.5 Å². The summed E-state index contributed by atoms with van der Waals surface area (Å²) in [7, 11) is 0. The molecule has 0 heterocycles. The average molecular weight is 236 g/mol. The minimum Gasteiger partial charge on any atom is -0.507 e. The second kappa shape index (κ2) is 3.14. The van der Waals surface area contributed by atoms with Crippen LogP contribution in [-0.4, -0.2) is 26.9 Å². The van der Waals surface area contributed by atoms with Crippen molar-refractivity contribution in [1.29, 1.82) is 0 Å². The van der Waals surface area contributed by atoms with Crippen LogP contribution in [0, 0.1) is 0 Å². The van der Waals surface area contributed by atoms with Crippen LogP contribution in [-0.2, 0) is 4.79 Å². The highest BCUT2D eigenvalue weighted by atomic mass is 16.3. The molecule has 2 rings (SSSR count). The van der Waals surface area contributed by atoms with Crippen molar-refractivity contribution in [1.82, 2.24) is 0 Å². The monoisotopic (exact) mass is 236 g/mol. The van der Waals surface area contributed by atoms with Crippen molar-refractivity contribution in [2.24, 2.45) is 0 Å². The molecular weight excluding hydrogens is 228 g/mol. The van der Waals surface area contributed by atoms with Gasteiger partial charge in [-0.25, -0.2) is 0 Å². The molecular formula is C10H8N2O5. The molecule has 17 heavy (non-hydrogen) atoms. The molecule has 0 saturated carbocycles. The zero-order valence-electron chi connectivity index (χ0n) is 8.39. The molecule has 7 nitrogen and oxygen atoms in total. The molecule has 88 valence electrons. The van der Waals surface area contributed by atoms with Crippen molar-refractivity contribution in [2.75, 3.05) is 11.5 Å². The SMILES string of the molecule is Nc1c(N)c(O)c2c(c1O)C(=O)C(=O)C=C2O. The number of hydrogen-bond acceptors (Lipinski definition) is 7. The first kappa shape index (κ1) is 10.8. The lowest BCUT2D eigenvalue weighted by Crippen LogP contribution is -2.20. The Labute approximate surface area is 94.6 Å². The van der Waals surface area contributed by atoms with Crippen molar-refractivity contribution in [3.05, 3.63) is 17.2 Å². The number of fused-ring (bicyclic) bond motifs is 1. The van der Waals surface area contributed by atoms with Crippen LogP contribution < -0.4 is 11.5 Å². The fraction of sp³-hybridized carbons (Fsp3) is 0. The number of phenols is 2. The number of carbonyl (C=O) groups excluding carboxylic acids is 2. The van der Waals surface area contributed by atoms with Crippen LogP contribution in [0.3, 0.4) is 0 Å². The highest BCUT2D eigenvalue weighted by Crippen LogP contribution is 2.45. The number of carbonyl (C=O) groups is 2. The molecule has 0 spiro atoms. The van der Waals surface area contributed by atoms with Crippen molar-refractivity contribution >= 4 is 28.7 Å². The van der Waals surface area contributed by atoms with Crippen LogP contribution in [0.5, 0.6) is 11.5 Å². The normalized spacial score (nSPS) is 14.5. The van der Waals surface area contributed by atoms with Gasteiger partial charge in [0.05, 0.1) is 11.1 Å². The summed E-state index contributed by atoms with van der Waals surface area (Å²) >= 11 is 0. The zero-order valence-corrected chi connectivity index (χ0v) is 8.39. The number of anilines is 2. The molecule has 7 N–H and O–H groups in total. The smallest absolute Gasteiger partial charge is 0.237 e. The third kappa shape index (κ3) is 1.22. The second-order valence-corrected chi connectivity index (χ2v) is 3.50. The number of aliphatic hydroxyl groups is 1. The number of ketones is 2. The third-order valence-corrected chi connectivity index (χ3v) is 2.50. The van der Waals surface area contributed by atoms with Gasteiger partial charge in [-0.3, -0.25) is 9.59 Å². The van der Waals surface area contributed by atoms with Gasteiger partial charge in [-0.2, -0.15) is 0 Å². The first-order valence-electron chi connectivity index (χ1n) is 4.48. The number of hydrogen-bond donors (Lipinski definition) is 5. The van der Waals surface area contributed by atoms with E-state index in [9.17, 15) is 24.9 Å². The number of phenolic OH excluding ortho intramolecular Hbond substituents is 2. The molecule has 0 atom stereocenters. The van der Waals surface area contributed by atoms with E-state index in [1.807, 2.05) is 0 Å². The Hall–Kier alpha value is -2.70. The van der Waals surface area contributed by atoms with Gasteiger partial charge in [-0.1, -0.05) is 0 Å². The topological polar surface area (TPSA) is 147 Å². The predicted octanol–water partition coefficient (Wildman–Crippen LogP) is -0.0735. The molecule has 1 aromatic carbocycles. The Morgan fingerprint density at radius 1 is 0.882 bits per heavy atom. The second-order valence-electron chi connectivity index (χ2n) is 3.50. The maximum Gasteiger partial charge on any atom is 0.237 e. The molecule has 1 aliphatic rings. The molecule has 0 aromatic heterocycles. The molecule has 0 amide bonds. The molecule has 0 bridgehead atoms. The van der Waals surface area contributed by atoms with Crippen molar-refractivity contribution in [3.8, 4) is 11.5 Å². The largest absolute Gasteiger partial charge is 0.507 e. The van der Waals surface area contributed by atoms with Gasteiger partial charge in [0.2, 0.25) is 11.6 Å². The fourth-order valence-electron chi connectivity index (χ4n) is 1.62. The molecule has 0 fully saturated rings. The minimum absolute atomic E-state index is 0.372. The third-order valence-electron chi connectivity index (χ3n) is 2.50. The Bertz CT molecular complexity index is 603. The van der Waals surface area contributed by atoms with Gasteiger partial charge in [-0.15, -0.1) is 0 Å². The van der Waals surface area contributed by atoms with E-state index in [1.54, 1.807) is 0 Å². The standard InChI is InChI=1S/C10H8N2O5/c11-6-7(12)10(17)5-4(9(6)16)2(13)1-3(14)8(5)15/h1,13,16-17H,11-12H2. The van der Waals surface area contributed by atoms with E-state index >= 15 is 0 Å². The summed E-state index contributed by atoms with van der Waals surface area (Å²) < 4.78 is 0. The summed E-state index contributed by atoms with van der Waals surface area (Å²) in [5.41, 5.74) is 9.02. The lowest BCUT2D eigenvalue weighted by molar-refractivity contribution is -0.111. The van der Waals surface area contributed by atoms with E-state index in [0.29, 0.717) is 6.08 Å².